The van der Waals surface area contributed by atoms with Gasteiger partial charge < -0.3 is 144 Å². The molecule has 6 heterocycles. The predicted molar refractivity (Wildman–Crippen MR) is 208 cm³/mol. The van der Waals surface area contributed by atoms with E-state index in [1.54, 1.807) is 0 Å². The fourth-order valence-electron chi connectivity index (χ4n) is 8.78. The van der Waals surface area contributed by atoms with Gasteiger partial charge in [0.1, 0.15) is 134 Å². The molecule has 1 unspecified atom stereocenters. The molecule has 6 aliphatic heterocycles. The number of amides is 1. The van der Waals surface area contributed by atoms with Crippen molar-refractivity contribution in [3.05, 3.63) is 0 Å². The van der Waals surface area contributed by atoms with E-state index in [9.17, 15) is 91.6 Å². The van der Waals surface area contributed by atoms with Gasteiger partial charge in [-0.25, -0.2) is 0 Å². The average Bonchev–Trinajstić information content (AvgIpc) is 3.31. The van der Waals surface area contributed by atoms with Crippen LogP contribution in [0.1, 0.15) is 20.8 Å². The zero-order valence-electron chi connectivity index (χ0n) is 36.7. The Morgan fingerprint density at radius 2 is 0.794 bits per heavy atom. The number of aliphatic hydroxyl groups excluding tert-OH is 17. The first-order valence-corrected chi connectivity index (χ1v) is 21.8. The van der Waals surface area contributed by atoms with Crippen LogP contribution in [0.3, 0.4) is 0 Å². The van der Waals surface area contributed by atoms with Crippen molar-refractivity contribution in [2.45, 2.75) is 205 Å². The molecule has 30 atom stereocenters. The van der Waals surface area contributed by atoms with Gasteiger partial charge in [0.05, 0.1) is 38.6 Å². The summed E-state index contributed by atoms with van der Waals surface area (Å²) < 4.78 is 63.9. The molecule has 30 heteroatoms. The molecule has 0 radical (unpaired) electrons. The summed E-state index contributed by atoms with van der Waals surface area (Å²) >= 11 is 0. The quantitative estimate of drug-likeness (QED) is 0.0724. The van der Waals surface area contributed by atoms with Crippen LogP contribution in [0, 0.1) is 0 Å². The number of carbonyl (C=O) groups is 1. The zero-order chi connectivity index (χ0) is 50.2. The molecule has 30 nitrogen and oxygen atoms in total. The molecular weight excluding hydrogens is 934 g/mol. The Labute approximate surface area is 386 Å². The van der Waals surface area contributed by atoms with Crippen LogP contribution in [0.25, 0.3) is 0 Å². The first-order chi connectivity index (χ1) is 32.1. The van der Waals surface area contributed by atoms with Crippen LogP contribution in [0.2, 0.25) is 0 Å². The Morgan fingerprint density at radius 3 is 1.32 bits per heavy atom. The zero-order valence-corrected chi connectivity index (χ0v) is 36.7. The molecule has 68 heavy (non-hydrogen) atoms. The molecule has 0 aromatic rings. The van der Waals surface area contributed by atoms with Gasteiger partial charge in [-0.1, -0.05) is 0 Å². The Morgan fingerprint density at radius 1 is 0.382 bits per heavy atom. The summed E-state index contributed by atoms with van der Waals surface area (Å²) in [7, 11) is 0. The highest BCUT2D eigenvalue weighted by atomic mass is 16.8. The summed E-state index contributed by atoms with van der Waals surface area (Å²) in [5, 5.41) is 184. The lowest BCUT2D eigenvalue weighted by molar-refractivity contribution is -0.401. The smallest absolute Gasteiger partial charge is 0.217 e. The second kappa shape index (κ2) is 23.5. The van der Waals surface area contributed by atoms with Crippen LogP contribution < -0.4 is 5.32 Å². The van der Waals surface area contributed by atoms with E-state index in [0.29, 0.717) is 0 Å². The number of nitrogens with one attached hydrogen (secondary N) is 1. The maximum Gasteiger partial charge on any atom is 0.217 e. The molecule has 6 saturated heterocycles. The molecular formula is C38H65NO29. The molecule has 1 amide bonds. The Balaban J connectivity index is 1.37. The minimum absolute atomic E-state index is 0.882. The molecule has 0 aromatic heterocycles. The molecule has 0 spiro atoms. The monoisotopic (exact) mass is 999 g/mol. The van der Waals surface area contributed by atoms with E-state index in [0.717, 1.165) is 6.92 Å². The van der Waals surface area contributed by atoms with Crippen molar-refractivity contribution in [3.63, 3.8) is 0 Å². The van der Waals surface area contributed by atoms with Crippen LogP contribution in [0.5, 0.6) is 0 Å². The predicted octanol–water partition coefficient (Wildman–Crippen LogP) is -11.9. The van der Waals surface area contributed by atoms with Gasteiger partial charge in [-0.2, -0.15) is 0 Å². The first-order valence-electron chi connectivity index (χ1n) is 21.8. The van der Waals surface area contributed by atoms with E-state index >= 15 is 0 Å². The van der Waals surface area contributed by atoms with Gasteiger partial charge in [-0.05, 0) is 13.8 Å². The highest BCUT2D eigenvalue weighted by Gasteiger charge is 2.59. The Bertz CT molecular complexity index is 1590. The highest BCUT2D eigenvalue weighted by Crippen LogP contribution is 2.38. The van der Waals surface area contributed by atoms with Gasteiger partial charge >= 0.3 is 0 Å². The number of hydrogen-bond donors (Lipinski definition) is 18. The molecule has 18 N–H and O–H groups in total. The molecule has 0 saturated carbocycles. The van der Waals surface area contributed by atoms with Crippen molar-refractivity contribution < 1.29 is 144 Å². The fraction of sp³-hybridized carbons (Fsp3) is 0.974. The van der Waals surface area contributed by atoms with Crippen molar-refractivity contribution >= 4 is 5.91 Å². The summed E-state index contributed by atoms with van der Waals surface area (Å²) in [6, 6.07) is -1.83. The maximum absolute atomic E-state index is 13.0. The van der Waals surface area contributed by atoms with Crippen molar-refractivity contribution in [2.24, 2.45) is 0 Å². The van der Waals surface area contributed by atoms with Crippen molar-refractivity contribution in [3.8, 4) is 0 Å². The van der Waals surface area contributed by atoms with Crippen molar-refractivity contribution in [2.75, 3.05) is 26.4 Å². The average molecular weight is 1000 g/mol. The van der Waals surface area contributed by atoms with E-state index in [4.69, 9.17) is 52.1 Å². The number of hydrogen-bond acceptors (Lipinski definition) is 29. The molecule has 0 aliphatic carbocycles. The van der Waals surface area contributed by atoms with Crippen LogP contribution in [-0.4, -0.2) is 303 Å². The van der Waals surface area contributed by atoms with Gasteiger partial charge in [-0.15, -0.1) is 0 Å². The van der Waals surface area contributed by atoms with Gasteiger partial charge in [0.2, 0.25) is 5.91 Å². The normalized spacial score (nSPS) is 52.6. The van der Waals surface area contributed by atoms with E-state index in [1.807, 2.05) is 0 Å². The third-order valence-corrected chi connectivity index (χ3v) is 12.8. The fourth-order valence-corrected chi connectivity index (χ4v) is 8.78. The van der Waals surface area contributed by atoms with Crippen molar-refractivity contribution in [1.29, 1.82) is 0 Å². The van der Waals surface area contributed by atoms with Crippen LogP contribution in [-0.2, 0) is 56.9 Å². The SMILES string of the molecule is CC(=O)N[C@H]1[C@H](O[C@H]2[C@@H](O)[C@@H](CO)O[C@@H](O[C@H]3[C@H](O)[C@@H](O)C(O)O[C@@H]3CO)[C@@H]2O)O[C@H](CO)[C@@H](O[C@@H]2O[C@H](CO)[C@H](O)[C@H](O)[C@H]2O[C@H]2O[C@H](C)[C@H](O)[C@H](O)[C@H]2O)[C@@H]1O[C@H]1O[C@H](C)[C@H](O)[C@H](O)[C@H]1O. The topological polar surface area (TPSA) is 475 Å². The molecule has 6 aliphatic rings. The molecule has 396 valence electrons. The van der Waals surface area contributed by atoms with E-state index in [2.05, 4.69) is 5.32 Å². The van der Waals surface area contributed by atoms with Gasteiger partial charge in [0, 0.05) is 6.92 Å². The Kier molecular flexibility index (Phi) is 19.2. The largest absolute Gasteiger partial charge is 0.394 e. The first kappa shape index (κ1) is 55.7. The Hall–Kier alpha value is -1.65. The molecule has 6 rings (SSSR count). The number of rotatable bonds is 15. The standard InChI is InChI=1S/C38H65NO29/c1-8-16(45)20(49)25(54)35(58-8)66-30-15(39-10(3)44)34(67-31-19(48)12(5-41)61-37(27(31)56)64-28-13(6-42)60-33(57)24(53)23(28)52)63-14(7-43)29(30)65-38-32(22(51)18(47)11(4-40)62-38)68-36-26(55)21(50)17(46)9(2)59-36/h8-9,11-38,40-43,45-57H,4-7H2,1-3H3,(H,39,44)/t8-,9-,11-,12-,13-,14-,15-,16+,17+,18+,19+,20+,21+,22+,23-,24-,25-,26-,27-,28-,29-,30-,31+,32-,33?,34+,35-,36-,37+,38+/m1/s1. The van der Waals surface area contributed by atoms with E-state index < -0.39 is 217 Å². The van der Waals surface area contributed by atoms with Crippen molar-refractivity contribution in [1.82, 2.24) is 5.32 Å². The number of carbonyl (C=O) groups excluding carboxylic acids is 1. The minimum Gasteiger partial charge on any atom is -0.394 e. The lowest BCUT2D eigenvalue weighted by Crippen LogP contribution is -2.71. The lowest BCUT2D eigenvalue weighted by Gasteiger charge is -2.52. The van der Waals surface area contributed by atoms with Gasteiger partial charge in [0.25, 0.3) is 0 Å². The summed E-state index contributed by atoms with van der Waals surface area (Å²) in [6.45, 7) is -0.339. The molecule has 6 fully saturated rings. The minimum atomic E-state index is -2.18. The third kappa shape index (κ3) is 11.4. The van der Waals surface area contributed by atoms with Gasteiger partial charge in [-0.3, -0.25) is 4.79 Å². The summed E-state index contributed by atoms with van der Waals surface area (Å²) in [4.78, 5) is 13.0. The highest BCUT2D eigenvalue weighted by molar-refractivity contribution is 5.73. The maximum atomic E-state index is 13.0. The van der Waals surface area contributed by atoms with Crippen LogP contribution in [0.15, 0.2) is 0 Å². The number of ether oxygens (including phenoxy) is 11. The summed E-state index contributed by atoms with van der Waals surface area (Å²) in [6.07, 6.45) is -53.8. The lowest BCUT2D eigenvalue weighted by atomic mass is 9.93. The van der Waals surface area contributed by atoms with E-state index in [1.165, 1.54) is 13.8 Å². The summed E-state index contributed by atoms with van der Waals surface area (Å²) in [5.41, 5.74) is 0. The summed E-state index contributed by atoms with van der Waals surface area (Å²) in [5.74, 6) is -0.882. The number of aliphatic hydroxyl groups is 17. The van der Waals surface area contributed by atoms with E-state index in [-0.39, 0.29) is 0 Å². The molecule has 0 aromatic carbocycles. The second-order valence-electron chi connectivity index (χ2n) is 17.5. The van der Waals surface area contributed by atoms with Crippen LogP contribution >= 0.6 is 0 Å². The van der Waals surface area contributed by atoms with Crippen LogP contribution in [0.4, 0.5) is 0 Å². The third-order valence-electron chi connectivity index (χ3n) is 12.8. The second-order valence-corrected chi connectivity index (χ2v) is 17.5. The van der Waals surface area contributed by atoms with Gasteiger partial charge in [0.15, 0.2) is 37.7 Å². The molecule has 0 bridgehead atoms.